The van der Waals surface area contributed by atoms with Crippen molar-refractivity contribution in [3.05, 3.63) is 36.4 Å². The van der Waals surface area contributed by atoms with E-state index in [1.54, 1.807) is 25.6 Å². The Morgan fingerprint density at radius 1 is 1.11 bits per heavy atom. The number of nitrogens with one attached hydrogen (secondary N) is 2. The molecule has 2 aliphatic rings. The third-order valence-corrected chi connectivity index (χ3v) is 6.88. The van der Waals surface area contributed by atoms with E-state index in [0.29, 0.717) is 24.9 Å². The first-order valence-electron chi connectivity index (χ1n) is 12.8. The number of hydrogen-bond donors (Lipinski definition) is 2. The number of fused-ring (bicyclic) bond motifs is 1. The molecular formula is C26H34N8O3. The van der Waals surface area contributed by atoms with Gasteiger partial charge in [0, 0.05) is 58.2 Å². The van der Waals surface area contributed by atoms with Crippen molar-refractivity contribution < 1.29 is 14.3 Å². The number of hydrogen-bond acceptors (Lipinski definition) is 10. The number of amides is 1. The van der Waals surface area contributed by atoms with E-state index < -0.39 is 0 Å². The fourth-order valence-corrected chi connectivity index (χ4v) is 4.93. The van der Waals surface area contributed by atoms with Crippen molar-refractivity contribution in [3.63, 3.8) is 0 Å². The highest BCUT2D eigenvalue weighted by Gasteiger charge is 2.25. The molecule has 196 valence electrons. The highest BCUT2D eigenvalue weighted by atomic mass is 16.5. The number of rotatable bonds is 7. The van der Waals surface area contributed by atoms with Gasteiger partial charge in [0.15, 0.2) is 0 Å². The van der Waals surface area contributed by atoms with Crippen molar-refractivity contribution in [2.24, 2.45) is 0 Å². The number of anilines is 3. The second-order valence-corrected chi connectivity index (χ2v) is 9.61. The molecule has 3 aromatic rings. The molecule has 0 atom stereocenters. The van der Waals surface area contributed by atoms with Crippen LogP contribution in [-0.2, 0) is 4.74 Å². The van der Waals surface area contributed by atoms with Gasteiger partial charge in [0.05, 0.1) is 30.2 Å². The Hall–Kier alpha value is -3.73. The average molecular weight is 507 g/mol. The Kier molecular flexibility index (Phi) is 7.50. The molecule has 1 amide bonds. The molecule has 1 saturated carbocycles. The molecule has 1 aromatic carbocycles. The quantitative estimate of drug-likeness (QED) is 0.495. The van der Waals surface area contributed by atoms with E-state index in [4.69, 9.17) is 9.47 Å². The number of morpholine rings is 1. The first kappa shape index (κ1) is 24.9. The lowest BCUT2D eigenvalue weighted by Gasteiger charge is -2.32. The maximum atomic E-state index is 11.9. The van der Waals surface area contributed by atoms with Crippen LogP contribution >= 0.6 is 0 Å². The molecule has 1 aliphatic carbocycles. The topological polar surface area (TPSA) is 118 Å². The van der Waals surface area contributed by atoms with E-state index in [0.717, 1.165) is 66.9 Å². The summed E-state index contributed by atoms with van der Waals surface area (Å²) in [6.07, 6.45) is 6.90. The summed E-state index contributed by atoms with van der Waals surface area (Å²) in [7, 11) is 5.56. The van der Waals surface area contributed by atoms with Gasteiger partial charge in [-0.3, -0.25) is 4.79 Å². The normalized spacial score (nSPS) is 19.9. The Morgan fingerprint density at radius 3 is 2.62 bits per heavy atom. The standard InChI is InChI=1S/C26H34N8O3/c1-27-25(35)20-8-9-28-26(32-20)31-17-4-6-19(7-5-17)37-22-15-18(34-10-12-36-13-11-34)14-21-23(22)24(33(2)3)30-16-29-21/h8-9,14-17,19H,4-7,10-13H2,1-3H3,(H,27,35)(H,28,31,32)/t17-,19+. The maximum absolute atomic E-state index is 11.9. The van der Waals surface area contributed by atoms with Gasteiger partial charge in [0.1, 0.15) is 23.6 Å². The largest absolute Gasteiger partial charge is 0.490 e. The summed E-state index contributed by atoms with van der Waals surface area (Å²) < 4.78 is 12.2. The number of benzene rings is 1. The van der Waals surface area contributed by atoms with Crippen LogP contribution in [0.5, 0.6) is 5.75 Å². The molecule has 11 nitrogen and oxygen atoms in total. The molecule has 0 unspecified atom stereocenters. The van der Waals surface area contributed by atoms with E-state index in [1.807, 2.05) is 19.0 Å². The molecular weight excluding hydrogens is 472 g/mol. The molecule has 3 heterocycles. The fourth-order valence-electron chi connectivity index (χ4n) is 4.93. The second-order valence-electron chi connectivity index (χ2n) is 9.61. The van der Waals surface area contributed by atoms with Gasteiger partial charge in [-0.2, -0.15) is 0 Å². The molecule has 1 saturated heterocycles. The van der Waals surface area contributed by atoms with Crippen molar-refractivity contribution in [3.8, 4) is 5.75 Å². The predicted molar refractivity (Wildman–Crippen MR) is 143 cm³/mol. The van der Waals surface area contributed by atoms with Gasteiger partial charge < -0.3 is 29.9 Å². The Morgan fingerprint density at radius 2 is 1.89 bits per heavy atom. The van der Waals surface area contributed by atoms with Crippen LogP contribution in [0.25, 0.3) is 10.9 Å². The van der Waals surface area contributed by atoms with Crippen molar-refractivity contribution in [2.45, 2.75) is 37.8 Å². The van der Waals surface area contributed by atoms with Gasteiger partial charge in [-0.05, 0) is 37.8 Å². The number of carbonyl (C=O) groups is 1. The first-order valence-corrected chi connectivity index (χ1v) is 12.8. The molecule has 0 bridgehead atoms. The van der Waals surface area contributed by atoms with E-state index in [9.17, 15) is 4.79 Å². The van der Waals surface area contributed by atoms with Crippen LogP contribution < -0.4 is 25.2 Å². The lowest BCUT2D eigenvalue weighted by molar-refractivity contribution is 0.0958. The van der Waals surface area contributed by atoms with Gasteiger partial charge >= 0.3 is 0 Å². The van der Waals surface area contributed by atoms with E-state index >= 15 is 0 Å². The van der Waals surface area contributed by atoms with E-state index in [-0.39, 0.29) is 18.1 Å². The van der Waals surface area contributed by atoms with Crippen LogP contribution in [0.1, 0.15) is 36.2 Å². The van der Waals surface area contributed by atoms with Crippen LogP contribution in [-0.4, -0.2) is 85.4 Å². The summed E-state index contributed by atoms with van der Waals surface area (Å²) in [6.45, 7) is 3.12. The molecule has 0 radical (unpaired) electrons. The minimum Gasteiger partial charge on any atom is -0.490 e. The van der Waals surface area contributed by atoms with Crippen LogP contribution in [0.15, 0.2) is 30.7 Å². The van der Waals surface area contributed by atoms with E-state index in [2.05, 4.69) is 47.6 Å². The highest BCUT2D eigenvalue weighted by Crippen LogP contribution is 2.38. The van der Waals surface area contributed by atoms with Crippen molar-refractivity contribution in [1.29, 1.82) is 0 Å². The Balaban J connectivity index is 1.32. The summed E-state index contributed by atoms with van der Waals surface area (Å²) in [4.78, 5) is 34.0. The van der Waals surface area contributed by atoms with Crippen molar-refractivity contribution >= 4 is 34.3 Å². The third kappa shape index (κ3) is 5.66. The number of carbonyl (C=O) groups excluding carboxylic acids is 1. The third-order valence-electron chi connectivity index (χ3n) is 6.88. The minimum atomic E-state index is -0.227. The van der Waals surface area contributed by atoms with Gasteiger partial charge in [0.2, 0.25) is 5.95 Å². The van der Waals surface area contributed by atoms with Crippen LogP contribution in [0, 0.1) is 0 Å². The SMILES string of the molecule is CNC(=O)c1ccnc(N[C@H]2CC[C@@H](Oc3cc(N4CCOCC4)cc4ncnc(N(C)C)c34)CC2)n1. The molecule has 5 rings (SSSR count). The zero-order chi connectivity index (χ0) is 25.8. The van der Waals surface area contributed by atoms with Gasteiger partial charge in [-0.1, -0.05) is 0 Å². The number of nitrogens with zero attached hydrogens (tertiary/aromatic N) is 6. The lowest BCUT2D eigenvalue weighted by atomic mass is 9.93. The summed E-state index contributed by atoms with van der Waals surface area (Å²) in [5.74, 6) is 1.91. The molecule has 2 aromatic heterocycles. The fraction of sp³-hybridized carbons (Fsp3) is 0.500. The Bertz CT molecular complexity index is 1240. The number of ether oxygens (including phenoxy) is 2. The molecule has 2 fully saturated rings. The zero-order valence-electron chi connectivity index (χ0n) is 21.6. The molecule has 11 heteroatoms. The van der Waals surface area contributed by atoms with Gasteiger partial charge in [-0.25, -0.2) is 19.9 Å². The van der Waals surface area contributed by atoms with Gasteiger partial charge in [0.25, 0.3) is 5.91 Å². The van der Waals surface area contributed by atoms with Crippen LogP contribution in [0.2, 0.25) is 0 Å². The summed E-state index contributed by atoms with van der Waals surface area (Å²) in [6, 6.07) is 6.08. The summed E-state index contributed by atoms with van der Waals surface area (Å²) >= 11 is 0. The van der Waals surface area contributed by atoms with Crippen LogP contribution in [0.3, 0.4) is 0 Å². The monoisotopic (exact) mass is 506 g/mol. The lowest BCUT2D eigenvalue weighted by Crippen LogP contribution is -2.36. The minimum absolute atomic E-state index is 0.0783. The van der Waals surface area contributed by atoms with Crippen LogP contribution in [0.4, 0.5) is 17.5 Å². The van der Waals surface area contributed by atoms with Crippen molar-refractivity contribution in [1.82, 2.24) is 25.3 Å². The highest BCUT2D eigenvalue weighted by molar-refractivity contribution is 5.97. The summed E-state index contributed by atoms with van der Waals surface area (Å²) in [5.41, 5.74) is 2.32. The molecule has 1 aliphatic heterocycles. The predicted octanol–water partition coefficient (Wildman–Crippen LogP) is 2.48. The molecule has 37 heavy (non-hydrogen) atoms. The Labute approximate surface area is 216 Å². The van der Waals surface area contributed by atoms with Crippen molar-refractivity contribution in [2.75, 3.05) is 62.6 Å². The first-order chi connectivity index (χ1) is 18.0. The smallest absolute Gasteiger partial charge is 0.269 e. The number of aromatic nitrogens is 4. The van der Waals surface area contributed by atoms with E-state index in [1.165, 1.54) is 0 Å². The second kappa shape index (κ2) is 11.1. The van der Waals surface area contributed by atoms with Gasteiger partial charge in [-0.15, -0.1) is 0 Å². The average Bonchev–Trinajstić information content (AvgIpc) is 2.93. The summed E-state index contributed by atoms with van der Waals surface area (Å²) in [5, 5.41) is 6.92. The molecule has 0 spiro atoms. The zero-order valence-corrected chi connectivity index (χ0v) is 21.6. The maximum Gasteiger partial charge on any atom is 0.269 e. The molecule has 2 N–H and O–H groups in total.